The maximum atomic E-state index is 11.2. The van der Waals surface area contributed by atoms with Gasteiger partial charge in [-0.1, -0.05) is 34.1 Å². The Balaban J connectivity index is 2.02. The van der Waals surface area contributed by atoms with Crippen LogP contribution in [0.1, 0.15) is 31.4 Å². The Morgan fingerprint density at radius 2 is 2.00 bits per heavy atom. The average molecular weight is 311 g/mol. The fourth-order valence-corrected chi connectivity index (χ4v) is 3.20. The second-order valence-corrected chi connectivity index (χ2v) is 5.76. The van der Waals surface area contributed by atoms with Gasteiger partial charge in [0, 0.05) is 16.4 Å². The van der Waals surface area contributed by atoms with Gasteiger partial charge in [0.25, 0.3) is 0 Å². The van der Waals surface area contributed by atoms with Crippen molar-refractivity contribution in [3.05, 3.63) is 34.3 Å². The average Bonchev–Trinajstić information content (AvgIpc) is 2.38. The highest BCUT2D eigenvalue weighted by molar-refractivity contribution is 9.10. The highest BCUT2D eigenvalue weighted by Crippen LogP contribution is 2.30. The summed E-state index contributed by atoms with van der Waals surface area (Å²) in [5.74, 6) is -0.0872. The van der Waals surface area contributed by atoms with Gasteiger partial charge in [0.1, 0.15) is 0 Å². The third-order valence-electron chi connectivity index (χ3n) is 3.83. The van der Waals surface area contributed by atoms with Gasteiger partial charge in [-0.25, -0.2) is 0 Å². The molecule has 1 heterocycles. The Kier molecular flexibility index (Phi) is 4.40. The molecule has 98 valence electrons. The monoisotopic (exact) mass is 310 g/mol. The van der Waals surface area contributed by atoms with Crippen LogP contribution in [0, 0.1) is 5.92 Å². The molecule has 18 heavy (non-hydrogen) atoms. The highest BCUT2D eigenvalue weighted by atomic mass is 79.9. The predicted octanol–water partition coefficient (Wildman–Crippen LogP) is 2.71. The highest BCUT2D eigenvalue weighted by Gasteiger charge is 2.26. The minimum Gasteiger partial charge on any atom is -0.369 e. The maximum absolute atomic E-state index is 11.2. The molecule has 2 rings (SSSR count). The van der Waals surface area contributed by atoms with Crippen molar-refractivity contribution in [3.63, 3.8) is 0 Å². The number of hydrogen-bond acceptors (Lipinski definition) is 2. The van der Waals surface area contributed by atoms with Crippen LogP contribution in [0.15, 0.2) is 28.7 Å². The molecule has 1 saturated heterocycles. The number of likely N-dealkylation sites (tertiary alicyclic amines) is 1. The summed E-state index contributed by atoms with van der Waals surface area (Å²) in [6, 6.07) is 8.68. The quantitative estimate of drug-likeness (QED) is 0.933. The number of piperidine rings is 1. The van der Waals surface area contributed by atoms with Crippen LogP contribution in [0.2, 0.25) is 0 Å². The van der Waals surface area contributed by atoms with Crippen LogP contribution in [0.25, 0.3) is 0 Å². The fourth-order valence-electron chi connectivity index (χ4n) is 2.58. The standard InChI is InChI=1S/C14H19BrN2O/c1-10(12-4-2-3-5-13(12)15)17-8-6-11(7-9-17)14(16)18/h2-5,10-11H,6-9H2,1H3,(H2,16,18)/t10-/m0/s1. The summed E-state index contributed by atoms with van der Waals surface area (Å²) < 4.78 is 1.15. The van der Waals surface area contributed by atoms with Crippen molar-refractivity contribution in [2.24, 2.45) is 11.7 Å². The lowest BCUT2D eigenvalue weighted by atomic mass is 9.94. The van der Waals surface area contributed by atoms with E-state index in [2.05, 4.69) is 46.0 Å². The number of amides is 1. The molecule has 0 saturated carbocycles. The molecule has 0 unspecified atom stereocenters. The Labute approximate surface area is 116 Å². The molecule has 1 atom stereocenters. The van der Waals surface area contributed by atoms with E-state index in [9.17, 15) is 4.79 Å². The molecule has 1 fully saturated rings. The summed E-state index contributed by atoms with van der Waals surface area (Å²) in [4.78, 5) is 13.6. The summed E-state index contributed by atoms with van der Waals surface area (Å²) in [6.07, 6.45) is 1.76. The fraction of sp³-hybridized carbons (Fsp3) is 0.500. The van der Waals surface area contributed by atoms with E-state index in [-0.39, 0.29) is 11.8 Å². The molecule has 0 aromatic heterocycles. The van der Waals surface area contributed by atoms with Crippen LogP contribution in [0.5, 0.6) is 0 Å². The lowest BCUT2D eigenvalue weighted by Gasteiger charge is -2.35. The van der Waals surface area contributed by atoms with E-state index < -0.39 is 0 Å². The van der Waals surface area contributed by atoms with E-state index in [0.717, 1.165) is 30.4 Å². The Hall–Kier alpha value is -0.870. The van der Waals surface area contributed by atoms with Gasteiger partial charge in [0.2, 0.25) is 5.91 Å². The largest absolute Gasteiger partial charge is 0.369 e. The number of nitrogens with two attached hydrogens (primary N) is 1. The first-order valence-electron chi connectivity index (χ1n) is 6.37. The van der Waals surface area contributed by atoms with Gasteiger partial charge in [0.05, 0.1) is 0 Å². The summed E-state index contributed by atoms with van der Waals surface area (Å²) >= 11 is 3.60. The van der Waals surface area contributed by atoms with E-state index in [1.54, 1.807) is 0 Å². The third kappa shape index (κ3) is 2.93. The zero-order valence-electron chi connectivity index (χ0n) is 10.6. The predicted molar refractivity (Wildman–Crippen MR) is 76.0 cm³/mol. The zero-order chi connectivity index (χ0) is 13.1. The molecule has 1 aliphatic heterocycles. The zero-order valence-corrected chi connectivity index (χ0v) is 12.2. The summed E-state index contributed by atoms with van der Waals surface area (Å²) in [5.41, 5.74) is 6.66. The minimum absolute atomic E-state index is 0.0627. The number of carbonyl (C=O) groups is 1. The number of rotatable bonds is 3. The second kappa shape index (κ2) is 5.85. The lowest BCUT2D eigenvalue weighted by molar-refractivity contribution is -0.123. The molecule has 2 N–H and O–H groups in total. The van der Waals surface area contributed by atoms with E-state index in [4.69, 9.17) is 5.73 Å². The van der Waals surface area contributed by atoms with Gasteiger partial charge in [-0.15, -0.1) is 0 Å². The first kappa shape index (κ1) is 13.6. The van der Waals surface area contributed by atoms with Crippen molar-refractivity contribution >= 4 is 21.8 Å². The SMILES string of the molecule is C[C@@H](c1ccccc1Br)N1CCC(C(N)=O)CC1. The topological polar surface area (TPSA) is 46.3 Å². The van der Waals surface area contributed by atoms with E-state index in [0.29, 0.717) is 6.04 Å². The van der Waals surface area contributed by atoms with Crippen LogP contribution in [-0.2, 0) is 4.79 Å². The number of nitrogens with zero attached hydrogens (tertiary/aromatic N) is 1. The molecule has 1 amide bonds. The third-order valence-corrected chi connectivity index (χ3v) is 4.56. The Morgan fingerprint density at radius 1 is 1.39 bits per heavy atom. The molecule has 1 aromatic rings. The molecule has 3 nitrogen and oxygen atoms in total. The summed E-state index contributed by atoms with van der Waals surface area (Å²) in [5, 5.41) is 0. The van der Waals surface area contributed by atoms with Crippen LogP contribution < -0.4 is 5.73 Å². The van der Waals surface area contributed by atoms with Crippen molar-refractivity contribution < 1.29 is 4.79 Å². The molecular formula is C14H19BrN2O. The number of halogens is 1. The first-order chi connectivity index (χ1) is 8.59. The number of carbonyl (C=O) groups excluding carboxylic acids is 1. The molecule has 1 aliphatic rings. The van der Waals surface area contributed by atoms with Crippen LogP contribution >= 0.6 is 15.9 Å². The van der Waals surface area contributed by atoms with Crippen LogP contribution in [-0.4, -0.2) is 23.9 Å². The van der Waals surface area contributed by atoms with Crippen molar-refractivity contribution in [2.45, 2.75) is 25.8 Å². The van der Waals surface area contributed by atoms with Crippen LogP contribution in [0.3, 0.4) is 0 Å². The van der Waals surface area contributed by atoms with Crippen molar-refractivity contribution in [1.82, 2.24) is 4.90 Å². The molecular weight excluding hydrogens is 292 g/mol. The molecule has 0 radical (unpaired) electrons. The van der Waals surface area contributed by atoms with E-state index in [1.807, 2.05) is 6.07 Å². The molecule has 0 aliphatic carbocycles. The van der Waals surface area contributed by atoms with Crippen molar-refractivity contribution in [2.75, 3.05) is 13.1 Å². The van der Waals surface area contributed by atoms with E-state index >= 15 is 0 Å². The number of primary amides is 1. The van der Waals surface area contributed by atoms with Gasteiger partial charge in [-0.05, 0) is 44.5 Å². The Bertz CT molecular complexity index is 428. The molecule has 1 aromatic carbocycles. The van der Waals surface area contributed by atoms with Gasteiger partial charge in [0.15, 0.2) is 0 Å². The van der Waals surface area contributed by atoms with Gasteiger partial charge in [-0.3, -0.25) is 9.69 Å². The second-order valence-electron chi connectivity index (χ2n) is 4.91. The number of hydrogen-bond donors (Lipinski definition) is 1. The van der Waals surface area contributed by atoms with Crippen molar-refractivity contribution in [3.8, 4) is 0 Å². The first-order valence-corrected chi connectivity index (χ1v) is 7.16. The summed E-state index contributed by atoms with van der Waals surface area (Å²) in [7, 11) is 0. The summed E-state index contributed by atoms with van der Waals surface area (Å²) in [6.45, 7) is 4.09. The smallest absolute Gasteiger partial charge is 0.220 e. The molecule has 0 spiro atoms. The lowest BCUT2D eigenvalue weighted by Crippen LogP contribution is -2.39. The van der Waals surface area contributed by atoms with Gasteiger partial charge in [-0.2, -0.15) is 0 Å². The minimum atomic E-state index is -0.150. The normalized spacial score (nSPS) is 19.7. The van der Waals surface area contributed by atoms with Gasteiger partial charge >= 0.3 is 0 Å². The van der Waals surface area contributed by atoms with Gasteiger partial charge < -0.3 is 5.73 Å². The maximum Gasteiger partial charge on any atom is 0.220 e. The molecule has 0 bridgehead atoms. The van der Waals surface area contributed by atoms with Crippen LogP contribution in [0.4, 0.5) is 0 Å². The number of benzene rings is 1. The van der Waals surface area contributed by atoms with Crippen molar-refractivity contribution in [1.29, 1.82) is 0 Å². The molecule has 4 heteroatoms. The van der Waals surface area contributed by atoms with E-state index in [1.165, 1.54) is 5.56 Å². The Morgan fingerprint density at radius 3 is 2.56 bits per heavy atom.